The summed E-state index contributed by atoms with van der Waals surface area (Å²) in [6.45, 7) is 4.39. The maximum absolute atomic E-state index is 11.3. The average molecular weight is 271 g/mol. The van der Waals surface area contributed by atoms with E-state index >= 15 is 0 Å². The van der Waals surface area contributed by atoms with E-state index in [0.29, 0.717) is 17.4 Å². The molecule has 0 fully saturated rings. The first kappa shape index (κ1) is 14.1. The van der Waals surface area contributed by atoms with E-state index in [1.165, 1.54) is 0 Å². The molecule has 1 heterocycles. The van der Waals surface area contributed by atoms with Gasteiger partial charge in [0, 0.05) is 34.5 Å². The number of rotatable bonds is 5. The molecule has 0 amide bonds. The van der Waals surface area contributed by atoms with E-state index in [-0.39, 0.29) is 5.25 Å². The number of hydrogen-bond acceptors (Lipinski definition) is 4. The van der Waals surface area contributed by atoms with E-state index < -0.39 is 10.8 Å². The van der Waals surface area contributed by atoms with Crippen molar-refractivity contribution >= 4 is 33.8 Å². The van der Waals surface area contributed by atoms with Gasteiger partial charge in [-0.3, -0.25) is 4.21 Å². The number of nitrogens with two attached hydrogens (primary N) is 1. The minimum atomic E-state index is -0.861. The number of hydrogen-bond donors (Lipinski definition) is 2. The molecule has 0 saturated carbocycles. The zero-order chi connectivity index (χ0) is 13.0. The molecule has 2 atom stereocenters. The molecule has 1 aromatic heterocycles. The topological polar surface area (TPSA) is 68.0 Å². The molecule has 1 rings (SSSR count). The summed E-state index contributed by atoms with van der Waals surface area (Å²) in [4.78, 5) is 4.66. The molecule has 0 bridgehead atoms. The van der Waals surface area contributed by atoms with Crippen molar-refractivity contribution in [2.75, 3.05) is 18.1 Å². The smallest absolute Gasteiger partial charge is 0.136 e. The molecule has 0 radical (unpaired) electrons. The molecule has 17 heavy (non-hydrogen) atoms. The summed E-state index contributed by atoms with van der Waals surface area (Å²) in [5.41, 5.74) is 7.23. The normalized spacial score (nSPS) is 14.1. The number of nitrogens with zero attached hydrogens (tertiary/aromatic N) is 1. The van der Waals surface area contributed by atoms with Gasteiger partial charge in [0.2, 0.25) is 0 Å². The molecule has 6 heteroatoms. The predicted molar refractivity (Wildman–Crippen MR) is 76.9 cm³/mol. The summed E-state index contributed by atoms with van der Waals surface area (Å²) in [5.74, 6) is 0.662. The van der Waals surface area contributed by atoms with Crippen LogP contribution in [0, 0.1) is 6.92 Å². The fourth-order valence-corrected chi connectivity index (χ4v) is 1.73. The summed E-state index contributed by atoms with van der Waals surface area (Å²) in [7, 11) is -0.861. The van der Waals surface area contributed by atoms with E-state index in [4.69, 9.17) is 18.0 Å². The van der Waals surface area contributed by atoms with Gasteiger partial charge in [0.05, 0.1) is 5.56 Å². The first-order chi connectivity index (χ1) is 7.91. The molecule has 0 saturated heterocycles. The molecular formula is C11H17N3OS2. The Bertz CT molecular complexity index is 448. The third-order valence-corrected chi connectivity index (χ3v) is 3.94. The molecule has 94 valence electrons. The predicted octanol–water partition coefficient (Wildman–Crippen LogP) is 1.20. The van der Waals surface area contributed by atoms with Crippen LogP contribution in [0.3, 0.4) is 0 Å². The van der Waals surface area contributed by atoms with Gasteiger partial charge in [0.25, 0.3) is 0 Å². The van der Waals surface area contributed by atoms with Crippen LogP contribution in [0.15, 0.2) is 12.1 Å². The highest BCUT2D eigenvalue weighted by Gasteiger charge is 2.10. The lowest BCUT2D eigenvalue weighted by Crippen LogP contribution is -2.23. The van der Waals surface area contributed by atoms with Crippen molar-refractivity contribution < 1.29 is 4.21 Å². The maximum atomic E-state index is 11.3. The number of thiocarbonyl (C=S) groups is 1. The Labute approximate surface area is 109 Å². The number of aryl methyl sites for hydroxylation is 1. The Morgan fingerprint density at radius 1 is 1.65 bits per heavy atom. The third kappa shape index (κ3) is 4.05. The second-order valence-corrected chi connectivity index (χ2v) is 6.14. The van der Waals surface area contributed by atoms with E-state index in [2.05, 4.69) is 10.3 Å². The Hall–Kier alpha value is -1.01. The largest absolute Gasteiger partial charge is 0.389 e. The Kier molecular flexibility index (Phi) is 5.02. The van der Waals surface area contributed by atoms with Gasteiger partial charge >= 0.3 is 0 Å². The molecule has 1 aromatic rings. The van der Waals surface area contributed by atoms with Gasteiger partial charge in [-0.25, -0.2) is 4.98 Å². The van der Waals surface area contributed by atoms with Crippen LogP contribution >= 0.6 is 12.2 Å². The first-order valence-electron chi connectivity index (χ1n) is 5.25. The lowest BCUT2D eigenvalue weighted by molar-refractivity contribution is 0.679. The van der Waals surface area contributed by atoms with Gasteiger partial charge in [-0.1, -0.05) is 12.2 Å². The molecule has 2 unspecified atom stereocenters. The first-order valence-corrected chi connectivity index (χ1v) is 7.28. The second-order valence-electron chi connectivity index (χ2n) is 3.90. The highest BCUT2D eigenvalue weighted by molar-refractivity contribution is 7.84. The minimum absolute atomic E-state index is 0.0523. The summed E-state index contributed by atoms with van der Waals surface area (Å²) < 4.78 is 11.3. The lowest BCUT2D eigenvalue weighted by atomic mass is 10.2. The highest BCUT2D eigenvalue weighted by Crippen LogP contribution is 2.13. The zero-order valence-electron chi connectivity index (χ0n) is 10.2. The van der Waals surface area contributed by atoms with Gasteiger partial charge in [0.1, 0.15) is 10.8 Å². The summed E-state index contributed by atoms with van der Waals surface area (Å²) in [6, 6.07) is 3.71. The molecule has 0 aliphatic carbocycles. The van der Waals surface area contributed by atoms with Gasteiger partial charge in [-0.05, 0) is 26.0 Å². The molecule has 3 N–H and O–H groups in total. The molecule has 0 spiro atoms. The van der Waals surface area contributed by atoms with Crippen molar-refractivity contribution in [3.05, 3.63) is 23.4 Å². The molecule has 0 aliphatic rings. The van der Waals surface area contributed by atoms with Crippen molar-refractivity contribution in [1.29, 1.82) is 0 Å². The van der Waals surface area contributed by atoms with Gasteiger partial charge in [-0.15, -0.1) is 0 Å². The maximum Gasteiger partial charge on any atom is 0.136 e. The van der Waals surface area contributed by atoms with E-state index in [1.54, 1.807) is 6.26 Å². The highest BCUT2D eigenvalue weighted by atomic mass is 32.2. The van der Waals surface area contributed by atoms with E-state index in [1.807, 2.05) is 26.0 Å². The van der Waals surface area contributed by atoms with Gasteiger partial charge in [0.15, 0.2) is 0 Å². The quantitative estimate of drug-likeness (QED) is 0.788. The van der Waals surface area contributed by atoms with Crippen molar-refractivity contribution in [1.82, 2.24) is 4.98 Å². The number of aromatic nitrogens is 1. The third-order valence-electron chi connectivity index (χ3n) is 2.42. The SMILES string of the molecule is Cc1ccc(C(N)=S)c(NCC(C)S(C)=O)n1. The minimum Gasteiger partial charge on any atom is -0.389 e. The monoisotopic (exact) mass is 271 g/mol. The van der Waals surface area contributed by atoms with Crippen molar-refractivity contribution in [3.63, 3.8) is 0 Å². The molecule has 0 aromatic carbocycles. The average Bonchev–Trinajstić information content (AvgIpc) is 2.25. The van der Waals surface area contributed by atoms with Crippen LogP contribution < -0.4 is 11.1 Å². The summed E-state index contributed by atoms with van der Waals surface area (Å²) in [5, 5.41) is 3.20. The summed E-state index contributed by atoms with van der Waals surface area (Å²) in [6.07, 6.45) is 1.69. The van der Waals surface area contributed by atoms with Crippen LogP contribution in [0.1, 0.15) is 18.2 Å². The van der Waals surface area contributed by atoms with Crippen LogP contribution in [0.2, 0.25) is 0 Å². The van der Waals surface area contributed by atoms with Crippen LogP contribution in [0.5, 0.6) is 0 Å². The fraction of sp³-hybridized carbons (Fsp3) is 0.455. The Morgan fingerprint density at radius 3 is 2.82 bits per heavy atom. The van der Waals surface area contributed by atoms with E-state index in [0.717, 1.165) is 11.3 Å². The standard InChI is InChI=1S/C11H17N3OS2/c1-7-4-5-9(10(12)16)11(14-7)13-6-8(2)17(3)15/h4-5,8H,6H2,1-3H3,(H2,12,16)(H,13,14). The molecular weight excluding hydrogens is 254 g/mol. The summed E-state index contributed by atoms with van der Waals surface area (Å²) >= 11 is 4.96. The van der Waals surface area contributed by atoms with Crippen LogP contribution in [0.25, 0.3) is 0 Å². The van der Waals surface area contributed by atoms with E-state index in [9.17, 15) is 4.21 Å². The van der Waals surface area contributed by atoms with Gasteiger partial charge < -0.3 is 11.1 Å². The second kappa shape index (κ2) is 6.07. The number of pyridine rings is 1. The van der Waals surface area contributed by atoms with Gasteiger partial charge in [-0.2, -0.15) is 0 Å². The van der Waals surface area contributed by atoms with Crippen molar-refractivity contribution in [2.24, 2.45) is 5.73 Å². The molecule has 0 aliphatic heterocycles. The Balaban J connectivity index is 2.85. The van der Waals surface area contributed by atoms with Crippen molar-refractivity contribution in [3.8, 4) is 0 Å². The fourth-order valence-electron chi connectivity index (χ4n) is 1.25. The van der Waals surface area contributed by atoms with Crippen LogP contribution in [0.4, 0.5) is 5.82 Å². The van der Waals surface area contributed by atoms with Crippen molar-refractivity contribution in [2.45, 2.75) is 19.1 Å². The Morgan fingerprint density at radius 2 is 2.29 bits per heavy atom. The van der Waals surface area contributed by atoms with Crippen LogP contribution in [-0.4, -0.2) is 32.2 Å². The molecule has 4 nitrogen and oxygen atoms in total. The lowest BCUT2D eigenvalue weighted by Gasteiger charge is -2.13. The number of anilines is 1. The van der Waals surface area contributed by atoms with Crippen LogP contribution in [-0.2, 0) is 10.8 Å². The number of nitrogens with one attached hydrogen (secondary N) is 1. The zero-order valence-corrected chi connectivity index (χ0v) is 11.8.